The molecule has 0 bridgehead atoms. The number of nitrogens with zero attached hydrogens (tertiary/aromatic N) is 1. The van der Waals surface area contributed by atoms with Gasteiger partial charge in [-0.1, -0.05) is 0 Å². The van der Waals surface area contributed by atoms with Gasteiger partial charge in [-0.15, -0.1) is 11.6 Å². The van der Waals surface area contributed by atoms with Crippen LogP contribution in [0.15, 0.2) is 0 Å². The second-order valence-electron chi connectivity index (χ2n) is 3.23. The Bertz CT molecular complexity index is 156. The molecule has 1 atom stereocenters. The predicted octanol–water partition coefficient (Wildman–Crippen LogP) is 1.48. The summed E-state index contributed by atoms with van der Waals surface area (Å²) >= 11 is 5.62. The maximum atomic E-state index is 11.4. The van der Waals surface area contributed by atoms with Gasteiger partial charge in [0.15, 0.2) is 0 Å². The lowest BCUT2D eigenvalue weighted by Crippen LogP contribution is -2.37. The van der Waals surface area contributed by atoms with Gasteiger partial charge < -0.3 is 4.90 Å². The number of alkyl halides is 1. The predicted molar refractivity (Wildman–Crippen MR) is 45.7 cm³/mol. The summed E-state index contributed by atoms with van der Waals surface area (Å²) in [6.07, 6.45) is 2.14. The molecule has 0 radical (unpaired) electrons. The number of hydrogen-bond donors (Lipinski definition) is 0. The van der Waals surface area contributed by atoms with Crippen LogP contribution in [0.4, 0.5) is 0 Å². The Labute approximate surface area is 72.5 Å². The second-order valence-corrected chi connectivity index (χ2v) is 3.54. The third-order valence-electron chi connectivity index (χ3n) is 2.16. The molecular formula is C8H14ClNO. The Morgan fingerprint density at radius 2 is 2.27 bits per heavy atom. The van der Waals surface area contributed by atoms with Crippen molar-refractivity contribution in [3.05, 3.63) is 0 Å². The molecule has 0 heterocycles. The minimum atomic E-state index is 0.171. The summed E-state index contributed by atoms with van der Waals surface area (Å²) in [5.74, 6) is 1.10. The minimum absolute atomic E-state index is 0.171. The molecule has 3 heteroatoms. The van der Waals surface area contributed by atoms with Crippen molar-refractivity contribution >= 4 is 17.5 Å². The van der Waals surface area contributed by atoms with Crippen LogP contribution >= 0.6 is 11.6 Å². The number of carbonyl (C=O) groups excluding carboxylic acids is 1. The molecule has 0 aromatic rings. The van der Waals surface area contributed by atoms with Crippen molar-refractivity contribution in [2.45, 2.75) is 25.8 Å². The van der Waals surface area contributed by atoms with Gasteiger partial charge in [0, 0.05) is 24.9 Å². The van der Waals surface area contributed by atoms with Crippen molar-refractivity contribution in [3.63, 3.8) is 0 Å². The SMILES string of the molecule is CC(CCl)N(C)C(=O)C1CC1. The molecule has 64 valence electrons. The van der Waals surface area contributed by atoms with Gasteiger partial charge in [-0.3, -0.25) is 4.79 Å². The first kappa shape index (κ1) is 8.85. The highest BCUT2D eigenvalue weighted by atomic mass is 35.5. The van der Waals surface area contributed by atoms with Crippen LogP contribution in [0.25, 0.3) is 0 Å². The van der Waals surface area contributed by atoms with E-state index >= 15 is 0 Å². The molecule has 1 fully saturated rings. The van der Waals surface area contributed by atoms with Crippen molar-refractivity contribution in [3.8, 4) is 0 Å². The van der Waals surface area contributed by atoms with E-state index in [1.54, 1.807) is 4.90 Å². The Hall–Kier alpha value is -0.240. The lowest BCUT2D eigenvalue weighted by molar-refractivity contribution is -0.132. The molecule has 0 aromatic heterocycles. The largest absolute Gasteiger partial charge is 0.342 e. The van der Waals surface area contributed by atoms with Crippen LogP contribution in [-0.4, -0.2) is 29.8 Å². The molecule has 0 aromatic carbocycles. The molecule has 0 saturated heterocycles. The molecule has 2 nitrogen and oxygen atoms in total. The van der Waals surface area contributed by atoms with Gasteiger partial charge in [-0.2, -0.15) is 0 Å². The van der Waals surface area contributed by atoms with Gasteiger partial charge >= 0.3 is 0 Å². The van der Waals surface area contributed by atoms with Crippen LogP contribution in [-0.2, 0) is 4.79 Å². The van der Waals surface area contributed by atoms with E-state index in [9.17, 15) is 4.79 Å². The van der Waals surface area contributed by atoms with E-state index in [0.29, 0.717) is 11.8 Å². The van der Waals surface area contributed by atoms with Crippen LogP contribution in [0.1, 0.15) is 19.8 Å². The van der Waals surface area contributed by atoms with Gasteiger partial charge in [0.2, 0.25) is 5.91 Å². The van der Waals surface area contributed by atoms with Crippen LogP contribution in [0.5, 0.6) is 0 Å². The monoisotopic (exact) mass is 175 g/mol. The highest BCUT2D eigenvalue weighted by Crippen LogP contribution is 2.31. The van der Waals surface area contributed by atoms with Crippen LogP contribution in [0.3, 0.4) is 0 Å². The normalized spacial score (nSPS) is 19.5. The Balaban J connectivity index is 2.38. The lowest BCUT2D eigenvalue weighted by Gasteiger charge is -2.22. The first-order chi connectivity index (χ1) is 5.16. The summed E-state index contributed by atoms with van der Waals surface area (Å²) in [4.78, 5) is 13.1. The van der Waals surface area contributed by atoms with Crippen molar-refractivity contribution in [2.75, 3.05) is 12.9 Å². The number of halogens is 1. The summed E-state index contributed by atoms with van der Waals surface area (Å²) in [6, 6.07) is 0.171. The topological polar surface area (TPSA) is 20.3 Å². The molecule has 0 N–H and O–H groups in total. The number of carbonyl (C=O) groups is 1. The standard InChI is InChI=1S/C8H14ClNO/c1-6(5-9)10(2)8(11)7-3-4-7/h6-7H,3-5H2,1-2H3. The fourth-order valence-electron chi connectivity index (χ4n) is 0.939. The van der Waals surface area contributed by atoms with Crippen molar-refractivity contribution in [1.29, 1.82) is 0 Å². The quantitative estimate of drug-likeness (QED) is 0.596. The smallest absolute Gasteiger partial charge is 0.225 e. The maximum absolute atomic E-state index is 11.4. The van der Waals surface area contributed by atoms with Crippen molar-refractivity contribution in [1.82, 2.24) is 4.90 Å². The van der Waals surface area contributed by atoms with E-state index in [2.05, 4.69) is 0 Å². The number of hydrogen-bond acceptors (Lipinski definition) is 1. The molecule has 1 aliphatic rings. The van der Waals surface area contributed by atoms with Gasteiger partial charge in [0.1, 0.15) is 0 Å². The first-order valence-electron chi connectivity index (χ1n) is 3.99. The van der Waals surface area contributed by atoms with Crippen LogP contribution in [0.2, 0.25) is 0 Å². The maximum Gasteiger partial charge on any atom is 0.225 e. The fraction of sp³-hybridized carbons (Fsp3) is 0.875. The fourth-order valence-corrected chi connectivity index (χ4v) is 1.15. The molecule has 0 spiro atoms. The molecule has 1 aliphatic carbocycles. The zero-order valence-corrected chi connectivity index (χ0v) is 7.77. The molecule has 11 heavy (non-hydrogen) atoms. The Morgan fingerprint density at radius 3 is 2.64 bits per heavy atom. The zero-order chi connectivity index (χ0) is 8.43. The molecular weight excluding hydrogens is 162 g/mol. The van der Waals surface area contributed by atoms with E-state index in [-0.39, 0.29) is 11.9 Å². The minimum Gasteiger partial charge on any atom is -0.342 e. The van der Waals surface area contributed by atoms with Crippen LogP contribution in [0, 0.1) is 5.92 Å². The first-order valence-corrected chi connectivity index (χ1v) is 4.53. The van der Waals surface area contributed by atoms with E-state index in [4.69, 9.17) is 11.6 Å². The van der Waals surface area contributed by atoms with Gasteiger partial charge in [-0.05, 0) is 19.8 Å². The summed E-state index contributed by atoms with van der Waals surface area (Å²) < 4.78 is 0. The highest BCUT2D eigenvalue weighted by molar-refractivity contribution is 6.18. The van der Waals surface area contributed by atoms with Gasteiger partial charge in [0.05, 0.1) is 0 Å². The van der Waals surface area contributed by atoms with E-state index in [1.165, 1.54) is 0 Å². The summed E-state index contributed by atoms with van der Waals surface area (Å²) in [5, 5.41) is 0. The molecule has 0 aliphatic heterocycles. The third-order valence-corrected chi connectivity index (χ3v) is 2.61. The molecule has 1 saturated carbocycles. The summed E-state index contributed by atoms with van der Waals surface area (Å²) in [7, 11) is 1.83. The Kier molecular flexibility index (Phi) is 2.77. The average molecular weight is 176 g/mol. The molecule has 1 amide bonds. The summed E-state index contributed by atoms with van der Waals surface area (Å²) in [6.45, 7) is 1.97. The van der Waals surface area contributed by atoms with Gasteiger partial charge in [-0.25, -0.2) is 0 Å². The third kappa shape index (κ3) is 2.09. The van der Waals surface area contributed by atoms with E-state index in [1.807, 2.05) is 14.0 Å². The van der Waals surface area contributed by atoms with Crippen molar-refractivity contribution < 1.29 is 4.79 Å². The molecule has 1 rings (SSSR count). The Morgan fingerprint density at radius 1 is 1.73 bits per heavy atom. The molecule has 1 unspecified atom stereocenters. The average Bonchev–Trinajstić information content (AvgIpc) is 2.82. The lowest BCUT2D eigenvalue weighted by atomic mass is 10.3. The highest BCUT2D eigenvalue weighted by Gasteiger charge is 2.33. The van der Waals surface area contributed by atoms with Crippen LogP contribution < -0.4 is 0 Å². The second kappa shape index (κ2) is 3.44. The van der Waals surface area contributed by atoms with E-state index in [0.717, 1.165) is 12.8 Å². The number of rotatable bonds is 3. The number of amides is 1. The van der Waals surface area contributed by atoms with Crippen molar-refractivity contribution in [2.24, 2.45) is 5.92 Å². The summed E-state index contributed by atoms with van der Waals surface area (Å²) in [5.41, 5.74) is 0. The van der Waals surface area contributed by atoms with Gasteiger partial charge in [0.25, 0.3) is 0 Å². The van der Waals surface area contributed by atoms with E-state index < -0.39 is 0 Å². The zero-order valence-electron chi connectivity index (χ0n) is 7.01.